The average molecular weight is 691 g/mol. The SMILES string of the molecule is Cc1cccc(N(CC(=O)N(Cc2cccc(Br)c2)[C@H](Cc2ccccc2)C(=O)NCC(C)C)S(=O)(=O)c2ccccc2)c1C. The van der Waals surface area contributed by atoms with Crippen LogP contribution in [0.25, 0.3) is 0 Å². The van der Waals surface area contributed by atoms with Crippen LogP contribution in [0.5, 0.6) is 0 Å². The molecule has 7 nitrogen and oxygen atoms in total. The van der Waals surface area contributed by atoms with Crippen LogP contribution in [0.4, 0.5) is 5.69 Å². The lowest BCUT2D eigenvalue weighted by Crippen LogP contribution is -2.53. The van der Waals surface area contributed by atoms with Gasteiger partial charge in [-0.05, 0) is 72.4 Å². The molecule has 0 aromatic heterocycles. The highest BCUT2D eigenvalue weighted by molar-refractivity contribution is 9.10. The molecule has 4 rings (SSSR count). The molecule has 1 atom stereocenters. The minimum absolute atomic E-state index is 0.0766. The summed E-state index contributed by atoms with van der Waals surface area (Å²) in [5.74, 6) is -0.576. The first-order chi connectivity index (χ1) is 21.5. The third-order valence-electron chi connectivity index (χ3n) is 7.65. The lowest BCUT2D eigenvalue weighted by atomic mass is 10.0. The molecule has 9 heteroatoms. The van der Waals surface area contributed by atoms with Crippen molar-refractivity contribution in [2.45, 2.75) is 51.6 Å². The fraction of sp³-hybridized carbons (Fsp3) is 0.278. The predicted molar refractivity (Wildman–Crippen MR) is 183 cm³/mol. The number of anilines is 1. The van der Waals surface area contributed by atoms with Crippen LogP contribution in [0.2, 0.25) is 0 Å². The maximum atomic E-state index is 14.6. The van der Waals surface area contributed by atoms with E-state index in [1.165, 1.54) is 21.3 Å². The standard InChI is InChI=1S/C36H40BrN3O4S/c1-26(2)23-38-36(42)34(22-29-14-7-5-8-15-29)39(24-30-16-12-17-31(37)21-30)35(41)25-40(33-20-11-13-27(3)28(33)4)45(43,44)32-18-9-6-10-19-32/h5-21,26,34H,22-25H2,1-4H3,(H,38,42)/t34-/m1/s1. The first-order valence-electron chi connectivity index (χ1n) is 15.0. The third-order valence-corrected chi connectivity index (χ3v) is 9.92. The summed E-state index contributed by atoms with van der Waals surface area (Å²) in [6.07, 6.45) is 0.263. The number of hydrogen-bond donors (Lipinski definition) is 1. The van der Waals surface area contributed by atoms with E-state index in [2.05, 4.69) is 21.2 Å². The first-order valence-corrected chi connectivity index (χ1v) is 17.2. The van der Waals surface area contributed by atoms with Crippen LogP contribution in [-0.2, 0) is 32.6 Å². The van der Waals surface area contributed by atoms with Gasteiger partial charge in [-0.3, -0.25) is 13.9 Å². The average Bonchev–Trinajstić information content (AvgIpc) is 3.02. The van der Waals surface area contributed by atoms with E-state index in [4.69, 9.17) is 0 Å². The summed E-state index contributed by atoms with van der Waals surface area (Å²) in [4.78, 5) is 30.1. The molecule has 1 N–H and O–H groups in total. The number of carbonyl (C=O) groups excluding carboxylic acids is 2. The molecule has 0 unspecified atom stereocenters. The van der Waals surface area contributed by atoms with Gasteiger partial charge < -0.3 is 10.2 Å². The second kappa shape index (κ2) is 15.4. The number of amides is 2. The summed E-state index contributed by atoms with van der Waals surface area (Å²) in [5, 5.41) is 3.02. The Kier molecular flexibility index (Phi) is 11.6. The van der Waals surface area contributed by atoms with Crippen LogP contribution in [-0.4, -0.2) is 44.3 Å². The van der Waals surface area contributed by atoms with Crippen LogP contribution < -0.4 is 9.62 Å². The Morgan fingerprint density at radius 2 is 1.44 bits per heavy atom. The van der Waals surface area contributed by atoms with E-state index < -0.39 is 28.5 Å². The van der Waals surface area contributed by atoms with Crippen LogP contribution in [0.15, 0.2) is 112 Å². The van der Waals surface area contributed by atoms with Crippen molar-refractivity contribution >= 4 is 43.5 Å². The van der Waals surface area contributed by atoms with E-state index in [9.17, 15) is 18.0 Å². The largest absolute Gasteiger partial charge is 0.354 e. The second-order valence-corrected chi connectivity index (χ2v) is 14.3. The number of hydrogen-bond acceptors (Lipinski definition) is 4. The quantitative estimate of drug-likeness (QED) is 0.170. The van der Waals surface area contributed by atoms with E-state index in [1.54, 1.807) is 30.3 Å². The summed E-state index contributed by atoms with van der Waals surface area (Å²) in [6.45, 7) is 7.83. The smallest absolute Gasteiger partial charge is 0.264 e. The van der Waals surface area contributed by atoms with Gasteiger partial charge in [0.05, 0.1) is 10.6 Å². The highest BCUT2D eigenvalue weighted by Crippen LogP contribution is 2.29. The van der Waals surface area contributed by atoms with Gasteiger partial charge in [-0.15, -0.1) is 0 Å². The molecule has 0 radical (unpaired) electrons. The minimum Gasteiger partial charge on any atom is -0.354 e. The Bertz CT molecular complexity index is 1710. The number of benzene rings is 4. The van der Waals surface area contributed by atoms with Crippen molar-refractivity contribution in [3.05, 3.63) is 130 Å². The van der Waals surface area contributed by atoms with E-state index in [-0.39, 0.29) is 29.7 Å². The highest BCUT2D eigenvalue weighted by Gasteiger charge is 2.35. The zero-order valence-corrected chi connectivity index (χ0v) is 28.5. The molecule has 0 saturated carbocycles. The Labute approximate surface area is 275 Å². The maximum absolute atomic E-state index is 14.6. The number of sulfonamides is 1. The van der Waals surface area contributed by atoms with Crippen molar-refractivity contribution in [3.8, 4) is 0 Å². The van der Waals surface area contributed by atoms with Crippen molar-refractivity contribution < 1.29 is 18.0 Å². The molecular weight excluding hydrogens is 650 g/mol. The summed E-state index contributed by atoms with van der Waals surface area (Å²) in [5.41, 5.74) is 3.75. The zero-order valence-electron chi connectivity index (χ0n) is 26.1. The van der Waals surface area contributed by atoms with Crippen LogP contribution >= 0.6 is 15.9 Å². The first kappa shape index (κ1) is 33.9. The van der Waals surface area contributed by atoms with Gasteiger partial charge in [-0.25, -0.2) is 8.42 Å². The van der Waals surface area contributed by atoms with Crippen molar-refractivity contribution in [3.63, 3.8) is 0 Å². The van der Waals surface area contributed by atoms with Crippen molar-refractivity contribution in [1.29, 1.82) is 0 Å². The fourth-order valence-corrected chi connectivity index (χ4v) is 6.99. The van der Waals surface area contributed by atoms with E-state index >= 15 is 0 Å². The summed E-state index contributed by atoms with van der Waals surface area (Å²) >= 11 is 3.52. The highest BCUT2D eigenvalue weighted by atomic mass is 79.9. The minimum atomic E-state index is -4.15. The van der Waals surface area contributed by atoms with Gasteiger partial charge in [0.15, 0.2) is 0 Å². The molecule has 0 heterocycles. The van der Waals surface area contributed by atoms with Crippen molar-refractivity contribution in [1.82, 2.24) is 10.2 Å². The Morgan fingerprint density at radius 1 is 0.822 bits per heavy atom. The molecule has 0 aliphatic carbocycles. The number of aryl methyl sites for hydroxylation is 1. The zero-order chi connectivity index (χ0) is 32.6. The molecule has 0 spiro atoms. The Hall–Kier alpha value is -3.95. The predicted octanol–water partition coefficient (Wildman–Crippen LogP) is 6.67. The molecule has 0 saturated heterocycles. The molecule has 4 aromatic rings. The molecule has 0 aliphatic heterocycles. The monoisotopic (exact) mass is 689 g/mol. The number of nitrogens with zero attached hydrogens (tertiary/aromatic N) is 2. The van der Waals surface area contributed by atoms with Crippen LogP contribution in [0, 0.1) is 19.8 Å². The molecule has 0 fully saturated rings. The topological polar surface area (TPSA) is 86.8 Å². The summed E-state index contributed by atoms with van der Waals surface area (Å²) in [6, 6.07) is 29.7. The van der Waals surface area contributed by atoms with Crippen LogP contribution in [0.3, 0.4) is 0 Å². The lowest BCUT2D eigenvalue weighted by Gasteiger charge is -2.34. The van der Waals surface area contributed by atoms with Crippen molar-refractivity contribution in [2.24, 2.45) is 5.92 Å². The Morgan fingerprint density at radius 3 is 2.09 bits per heavy atom. The van der Waals surface area contributed by atoms with Gasteiger partial charge in [-0.2, -0.15) is 0 Å². The summed E-state index contributed by atoms with van der Waals surface area (Å²) in [7, 11) is -4.15. The number of carbonyl (C=O) groups is 2. The number of halogens is 1. The van der Waals surface area contributed by atoms with Gasteiger partial charge in [0, 0.05) is 24.0 Å². The van der Waals surface area contributed by atoms with Gasteiger partial charge >= 0.3 is 0 Å². The number of nitrogens with one attached hydrogen (secondary N) is 1. The van der Waals surface area contributed by atoms with E-state index in [1.807, 2.05) is 88.4 Å². The second-order valence-electron chi connectivity index (χ2n) is 11.5. The normalized spacial score (nSPS) is 12.0. The van der Waals surface area contributed by atoms with Crippen molar-refractivity contribution in [2.75, 3.05) is 17.4 Å². The van der Waals surface area contributed by atoms with Gasteiger partial charge in [0.25, 0.3) is 10.0 Å². The summed E-state index contributed by atoms with van der Waals surface area (Å²) < 4.78 is 30.4. The fourth-order valence-electron chi connectivity index (χ4n) is 5.05. The van der Waals surface area contributed by atoms with Crippen LogP contribution in [0.1, 0.15) is 36.1 Å². The molecule has 236 valence electrons. The molecule has 2 amide bonds. The van der Waals surface area contributed by atoms with E-state index in [0.29, 0.717) is 12.2 Å². The molecule has 45 heavy (non-hydrogen) atoms. The Balaban J connectivity index is 1.82. The molecule has 0 aliphatic rings. The third kappa shape index (κ3) is 8.83. The number of rotatable bonds is 13. The molecule has 0 bridgehead atoms. The maximum Gasteiger partial charge on any atom is 0.264 e. The molecule has 4 aromatic carbocycles. The van der Waals surface area contributed by atoms with Gasteiger partial charge in [-0.1, -0.05) is 103 Å². The molecular formula is C36H40BrN3O4S. The van der Waals surface area contributed by atoms with E-state index in [0.717, 1.165) is 26.7 Å². The van der Waals surface area contributed by atoms with Gasteiger partial charge in [0.2, 0.25) is 11.8 Å². The van der Waals surface area contributed by atoms with Gasteiger partial charge in [0.1, 0.15) is 12.6 Å². The lowest BCUT2D eigenvalue weighted by molar-refractivity contribution is -0.140.